The molecule has 2 aromatic carbocycles. The molecule has 0 radical (unpaired) electrons. The Morgan fingerprint density at radius 1 is 1.17 bits per heavy atom. The quantitative estimate of drug-likeness (QED) is 0.363. The first-order valence-corrected chi connectivity index (χ1v) is 10.3. The summed E-state index contributed by atoms with van der Waals surface area (Å²) in [7, 11) is 0. The predicted octanol–water partition coefficient (Wildman–Crippen LogP) is 4.18. The minimum absolute atomic E-state index is 0. The van der Waals surface area contributed by atoms with Crippen LogP contribution in [-0.2, 0) is 0 Å². The Morgan fingerprint density at radius 2 is 1.90 bits per heavy atom. The first-order chi connectivity index (χ1) is 13.7. The van der Waals surface area contributed by atoms with Gasteiger partial charge in [0, 0.05) is 12.0 Å². The van der Waals surface area contributed by atoms with E-state index in [0.29, 0.717) is 19.1 Å². The topological polar surface area (TPSA) is 62.9 Å². The number of likely N-dealkylation sites (tertiary alicyclic amines) is 1. The summed E-state index contributed by atoms with van der Waals surface area (Å²) in [5, 5.41) is 3.41. The van der Waals surface area contributed by atoms with Crippen LogP contribution >= 0.6 is 24.0 Å². The molecule has 0 spiro atoms. The molecule has 1 saturated heterocycles. The molecule has 3 N–H and O–H groups in total. The van der Waals surface area contributed by atoms with Gasteiger partial charge in [0.1, 0.15) is 5.75 Å². The van der Waals surface area contributed by atoms with Crippen molar-refractivity contribution >= 4 is 29.9 Å². The van der Waals surface area contributed by atoms with Crippen molar-refractivity contribution in [3.8, 4) is 5.75 Å². The van der Waals surface area contributed by atoms with Gasteiger partial charge in [-0.25, -0.2) is 0 Å². The number of hydrogen-bond acceptors (Lipinski definition) is 3. The maximum Gasteiger partial charge on any atom is 0.189 e. The smallest absolute Gasteiger partial charge is 0.189 e. The average Bonchev–Trinajstić information content (AvgIpc) is 3.24. The van der Waals surface area contributed by atoms with Crippen LogP contribution < -0.4 is 15.8 Å². The number of halogens is 1. The summed E-state index contributed by atoms with van der Waals surface area (Å²) in [4.78, 5) is 7.27. The Labute approximate surface area is 190 Å². The largest absolute Gasteiger partial charge is 0.493 e. The predicted molar refractivity (Wildman–Crippen MR) is 129 cm³/mol. The lowest BCUT2D eigenvalue weighted by atomic mass is 10.0. The van der Waals surface area contributed by atoms with Crippen LogP contribution in [0.4, 0.5) is 0 Å². The fraction of sp³-hybridized carbons (Fsp3) is 0.435. The van der Waals surface area contributed by atoms with Crippen LogP contribution in [0.15, 0.2) is 53.5 Å². The minimum atomic E-state index is 0. The maximum absolute atomic E-state index is 6.29. The van der Waals surface area contributed by atoms with E-state index in [1.165, 1.54) is 24.0 Å². The second-order valence-corrected chi connectivity index (χ2v) is 7.77. The number of para-hydroxylation sites is 1. The molecule has 2 aliphatic heterocycles. The molecule has 0 aromatic heterocycles. The summed E-state index contributed by atoms with van der Waals surface area (Å²) in [5.41, 5.74) is 10.0. The molecule has 2 atom stereocenters. The van der Waals surface area contributed by atoms with Crippen LogP contribution in [0.25, 0.3) is 0 Å². The highest BCUT2D eigenvalue weighted by Crippen LogP contribution is 2.31. The molecule has 1 fully saturated rings. The number of benzene rings is 2. The lowest BCUT2D eigenvalue weighted by Crippen LogP contribution is -2.38. The first kappa shape index (κ1) is 21.9. The minimum Gasteiger partial charge on any atom is -0.493 e. The Bertz CT molecular complexity index is 818. The van der Waals surface area contributed by atoms with Gasteiger partial charge >= 0.3 is 0 Å². The maximum atomic E-state index is 6.29. The van der Waals surface area contributed by atoms with Crippen LogP contribution in [0.2, 0.25) is 0 Å². The molecule has 0 saturated carbocycles. The van der Waals surface area contributed by atoms with Crippen LogP contribution in [0.5, 0.6) is 5.75 Å². The second-order valence-electron chi connectivity index (χ2n) is 7.77. The van der Waals surface area contributed by atoms with Gasteiger partial charge < -0.3 is 15.8 Å². The Balaban J connectivity index is 0.00000240. The highest BCUT2D eigenvalue weighted by atomic mass is 127. The molecular formula is C23H31IN4O. The van der Waals surface area contributed by atoms with E-state index in [1.807, 2.05) is 18.2 Å². The summed E-state index contributed by atoms with van der Waals surface area (Å²) >= 11 is 0. The zero-order chi connectivity index (χ0) is 19.3. The zero-order valence-corrected chi connectivity index (χ0v) is 19.3. The fourth-order valence-corrected chi connectivity index (χ4v) is 4.17. The number of aliphatic imine (C=N–C) groups is 1. The van der Waals surface area contributed by atoms with E-state index in [2.05, 4.69) is 47.5 Å². The van der Waals surface area contributed by atoms with Crippen molar-refractivity contribution in [1.29, 1.82) is 0 Å². The number of fused-ring (bicyclic) bond motifs is 1. The fourth-order valence-electron chi connectivity index (χ4n) is 4.17. The molecule has 2 unspecified atom stereocenters. The standard InChI is InChI=1S/C23H30N4O.HI/c1-17-8-10-18(11-9-17)21(27-13-4-5-14-27)16-25-23(24)26-20-12-15-28-22-7-3-2-6-19(20)22;/h2-3,6-11,20-21H,4-5,12-16H2,1H3,(H3,24,25,26);1H. The SMILES string of the molecule is Cc1ccc(C(CN=C(N)NC2CCOc3ccccc32)N2CCCC2)cc1.I. The number of aryl methyl sites for hydroxylation is 1. The van der Waals surface area contributed by atoms with Crippen LogP contribution in [-0.4, -0.2) is 37.1 Å². The van der Waals surface area contributed by atoms with Gasteiger partial charge in [-0.3, -0.25) is 9.89 Å². The third kappa shape index (κ3) is 5.42. The van der Waals surface area contributed by atoms with Crippen molar-refractivity contribution in [2.75, 3.05) is 26.2 Å². The zero-order valence-electron chi connectivity index (χ0n) is 17.0. The number of hydrogen-bond donors (Lipinski definition) is 2. The third-order valence-corrected chi connectivity index (χ3v) is 5.76. The van der Waals surface area contributed by atoms with Crippen LogP contribution in [0, 0.1) is 6.92 Å². The van der Waals surface area contributed by atoms with Crippen molar-refractivity contribution in [3.05, 3.63) is 65.2 Å². The van der Waals surface area contributed by atoms with Crippen molar-refractivity contribution in [1.82, 2.24) is 10.2 Å². The lowest BCUT2D eigenvalue weighted by Gasteiger charge is -2.28. The molecule has 6 heteroatoms. The highest BCUT2D eigenvalue weighted by Gasteiger charge is 2.24. The van der Waals surface area contributed by atoms with Gasteiger partial charge in [0.25, 0.3) is 0 Å². The average molecular weight is 506 g/mol. The molecule has 2 aliphatic rings. The number of nitrogens with two attached hydrogens (primary N) is 1. The summed E-state index contributed by atoms with van der Waals surface area (Å²) in [6, 6.07) is 17.4. The number of guanidine groups is 1. The number of ether oxygens (including phenoxy) is 1. The van der Waals surface area contributed by atoms with E-state index < -0.39 is 0 Å². The number of nitrogens with zero attached hydrogens (tertiary/aromatic N) is 2. The van der Waals surface area contributed by atoms with E-state index >= 15 is 0 Å². The van der Waals surface area contributed by atoms with Gasteiger partial charge in [-0.1, -0.05) is 48.0 Å². The Kier molecular flexibility index (Phi) is 7.77. The highest BCUT2D eigenvalue weighted by molar-refractivity contribution is 14.0. The molecule has 2 heterocycles. The van der Waals surface area contributed by atoms with E-state index in [9.17, 15) is 0 Å². The van der Waals surface area contributed by atoms with E-state index in [4.69, 9.17) is 15.5 Å². The number of nitrogens with one attached hydrogen (secondary N) is 1. The molecule has 0 aliphatic carbocycles. The third-order valence-electron chi connectivity index (χ3n) is 5.76. The molecule has 4 rings (SSSR count). The summed E-state index contributed by atoms with van der Waals surface area (Å²) in [6.45, 7) is 5.76. The second kappa shape index (κ2) is 10.3. The Hall–Kier alpha value is -1.80. The van der Waals surface area contributed by atoms with Gasteiger partial charge in [-0.05, 0) is 44.5 Å². The summed E-state index contributed by atoms with van der Waals surface area (Å²) in [6.07, 6.45) is 3.41. The molecule has 0 amide bonds. The van der Waals surface area contributed by atoms with Crippen molar-refractivity contribution < 1.29 is 4.74 Å². The number of rotatable bonds is 5. The van der Waals surface area contributed by atoms with Gasteiger partial charge in [-0.15, -0.1) is 24.0 Å². The van der Waals surface area contributed by atoms with Gasteiger partial charge in [-0.2, -0.15) is 0 Å². The van der Waals surface area contributed by atoms with Crippen LogP contribution in [0.1, 0.15) is 48.0 Å². The molecule has 156 valence electrons. The molecule has 29 heavy (non-hydrogen) atoms. The van der Waals surface area contributed by atoms with Crippen molar-refractivity contribution in [3.63, 3.8) is 0 Å². The van der Waals surface area contributed by atoms with E-state index in [-0.39, 0.29) is 36.1 Å². The van der Waals surface area contributed by atoms with Crippen molar-refractivity contribution in [2.24, 2.45) is 10.7 Å². The normalized spacial score (nSPS) is 20.3. The monoisotopic (exact) mass is 506 g/mol. The molecule has 0 bridgehead atoms. The summed E-state index contributed by atoms with van der Waals surface area (Å²) < 4.78 is 5.74. The van der Waals surface area contributed by atoms with Gasteiger partial charge in [0.15, 0.2) is 5.96 Å². The van der Waals surface area contributed by atoms with E-state index in [0.717, 1.165) is 30.8 Å². The van der Waals surface area contributed by atoms with E-state index in [1.54, 1.807) is 0 Å². The van der Waals surface area contributed by atoms with Gasteiger partial charge in [0.05, 0.1) is 25.2 Å². The molecule has 5 nitrogen and oxygen atoms in total. The van der Waals surface area contributed by atoms with Crippen molar-refractivity contribution in [2.45, 2.75) is 38.3 Å². The molecular weight excluding hydrogens is 475 g/mol. The van der Waals surface area contributed by atoms with Crippen LogP contribution in [0.3, 0.4) is 0 Å². The van der Waals surface area contributed by atoms with Gasteiger partial charge in [0.2, 0.25) is 0 Å². The Morgan fingerprint density at radius 3 is 2.66 bits per heavy atom. The molecule has 2 aromatic rings. The summed E-state index contributed by atoms with van der Waals surface area (Å²) in [5.74, 6) is 1.45. The lowest BCUT2D eigenvalue weighted by molar-refractivity contribution is 0.251. The first-order valence-electron chi connectivity index (χ1n) is 10.3.